The van der Waals surface area contributed by atoms with Crippen LogP contribution in [0.15, 0.2) is 41.8 Å². The van der Waals surface area contributed by atoms with Gasteiger partial charge in [-0.3, -0.25) is 4.79 Å². The average molecular weight is 436 g/mol. The summed E-state index contributed by atoms with van der Waals surface area (Å²) in [7, 11) is 2.64. The van der Waals surface area contributed by atoms with Gasteiger partial charge < -0.3 is 9.30 Å². The minimum atomic E-state index is -0.0125. The first kappa shape index (κ1) is 20.6. The normalized spacial score (nSPS) is 23.6. The number of hydrogen-bond acceptors (Lipinski definition) is 4. The Kier molecular flexibility index (Phi) is 5.31. The van der Waals surface area contributed by atoms with E-state index in [4.69, 9.17) is 10.1 Å². The fraction of sp³-hybridized carbons (Fsp3) is 0.458. The molecule has 0 radical (unpaired) electrons. The quantitative estimate of drug-likeness (QED) is 0.679. The van der Waals surface area contributed by atoms with Crippen LogP contribution in [0.25, 0.3) is 11.0 Å². The highest BCUT2D eigenvalue weighted by molar-refractivity contribution is 7.51. The van der Waals surface area contributed by atoms with Crippen molar-refractivity contribution in [1.82, 2.24) is 19.3 Å². The van der Waals surface area contributed by atoms with Crippen LogP contribution in [0.2, 0.25) is 0 Å². The number of aryl methyl sites for hydroxylation is 1. The zero-order valence-electron chi connectivity index (χ0n) is 18.7. The fourth-order valence-corrected chi connectivity index (χ4v) is 6.01. The molecular formula is C24H30N5OP. The SMILES string of the molecule is Cc1cn2cc(C3=CC(=O)N4N=C(C5CCN(C)CC5)C=CC4P3)cc(C(C)C)c2n1. The molecule has 0 bridgehead atoms. The van der Waals surface area contributed by atoms with Crippen LogP contribution in [-0.2, 0) is 4.79 Å². The lowest BCUT2D eigenvalue weighted by Gasteiger charge is -2.35. The molecule has 2 unspecified atom stereocenters. The molecular weight excluding hydrogens is 405 g/mol. The van der Waals surface area contributed by atoms with Crippen LogP contribution in [-0.4, -0.2) is 56.8 Å². The van der Waals surface area contributed by atoms with Gasteiger partial charge in [-0.25, -0.2) is 9.99 Å². The Labute approximate surface area is 185 Å². The van der Waals surface area contributed by atoms with Crippen LogP contribution < -0.4 is 0 Å². The maximum absolute atomic E-state index is 13.1. The molecule has 0 N–H and O–H groups in total. The third kappa shape index (κ3) is 3.88. The van der Waals surface area contributed by atoms with Gasteiger partial charge in [0.05, 0.1) is 17.2 Å². The standard InChI is InChI=1S/C24H30N5OP/c1-15(2)19-11-18(14-28-13-16(3)25-24(19)28)21-12-22(30)29-23(31-21)6-5-20(26-29)17-7-9-27(4)10-8-17/h5-6,11-15,17,23,31H,7-10H2,1-4H3. The van der Waals surface area contributed by atoms with Gasteiger partial charge in [0.25, 0.3) is 5.91 Å². The van der Waals surface area contributed by atoms with E-state index in [1.54, 1.807) is 11.1 Å². The number of nitrogens with zero attached hydrogens (tertiary/aromatic N) is 5. The highest BCUT2D eigenvalue weighted by Crippen LogP contribution is 2.45. The third-order valence-corrected chi connectivity index (χ3v) is 7.98. The first-order valence-corrected chi connectivity index (χ1v) is 12.2. The Morgan fingerprint density at radius 3 is 2.71 bits per heavy atom. The van der Waals surface area contributed by atoms with Crippen LogP contribution in [0.5, 0.6) is 0 Å². The molecule has 5 heterocycles. The number of carbonyl (C=O) groups excluding carboxylic acids is 1. The number of fused-ring (bicyclic) bond motifs is 2. The number of allylic oxidation sites excluding steroid dienone is 1. The topological polar surface area (TPSA) is 53.2 Å². The van der Waals surface area contributed by atoms with Crippen molar-refractivity contribution in [2.24, 2.45) is 11.0 Å². The third-order valence-electron chi connectivity index (χ3n) is 6.50. The second kappa shape index (κ2) is 7.99. The molecule has 2 aromatic rings. The van der Waals surface area contributed by atoms with Gasteiger partial charge in [0.1, 0.15) is 5.65 Å². The second-order valence-electron chi connectivity index (χ2n) is 9.24. The van der Waals surface area contributed by atoms with Gasteiger partial charge in [-0.1, -0.05) is 28.5 Å². The van der Waals surface area contributed by atoms with Crippen molar-refractivity contribution < 1.29 is 4.79 Å². The molecule has 0 aliphatic carbocycles. The monoisotopic (exact) mass is 435 g/mol. The molecule has 6 nitrogen and oxygen atoms in total. The number of carbonyl (C=O) groups is 1. The Morgan fingerprint density at radius 1 is 1.19 bits per heavy atom. The summed E-state index contributed by atoms with van der Waals surface area (Å²) >= 11 is 0. The Hall–Kier alpha value is -2.30. The van der Waals surface area contributed by atoms with Crippen molar-refractivity contribution in [2.45, 2.75) is 45.3 Å². The van der Waals surface area contributed by atoms with E-state index in [9.17, 15) is 4.79 Å². The van der Waals surface area contributed by atoms with Gasteiger partial charge in [0, 0.05) is 24.4 Å². The number of hydrazone groups is 1. The number of rotatable bonds is 3. The zero-order chi connectivity index (χ0) is 21.7. The molecule has 31 heavy (non-hydrogen) atoms. The summed E-state index contributed by atoms with van der Waals surface area (Å²) in [6.07, 6.45) is 12.5. The first-order chi connectivity index (χ1) is 14.9. The zero-order valence-corrected chi connectivity index (χ0v) is 19.7. The van der Waals surface area contributed by atoms with Gasteiger partial charge in [0.2, 0.25) is 0 Å². The van der Waals surface area contributed by atoms with Crippen molar-refractivity contribution >= 4 is 31.2 Å². The molecule has 1 saturated heterocycles. The number of piperidine rings is 1. The van der Waals surface area contributed by atoms with E-state index in [-0.39, 0.29) is 11.7 Å². The smallest absolute Gasteiger partial charge is 0.268 e. The Balaban J connectivity index is 1.45. The van der Waals surface area contributed by atoms with Gasteiger partial charge in [-0.05, 0) is 74.4 Å². The summed E-state index contributed by atoms with van der Waals surface area (Å²) in [4.78, 5) is 20.1. The molecule has 5 rings (SSSR count). The Morgan fingerprint density at radius 2 is 1.97 bits per heavy atom. The van der Waals surface area contributed by atoms with Gasteiger partial charge >= 0.3 is 0 Å². The van der Waals surface area contributed by atoms with Crippen LogP contribution in [0.3, 0.4) is 0 Å². The fourth-order valence-electron chi connectivity index (χ4n) is 4.69. The Bertz CT molecular complexity index is 1120. The van der Waals surface area contributed by atoms with E-state index in [0.29, 0.717) is 20.4 Å². The van der Waals surface area contributed by atoms with E-state index < -0.39 is 0 Å². The summed E-state index contributed by atoms with van der Waals surface area (Å²) in [5, 5.41) is 7.61. The van der Waals surface area contributed by atoms with Crippen LogP contribution in [0, 0.1) is 12.8 Å². The van der Waals surface area contributed by atoms with Crippen molar-refractivity contribution in [3.05, 3.63) is 53.5 Å². The van der Waals surface area contributed by atoms with E-state index in [1.165, 1.54) is 5.56 Å². The van der Waals surface area contributed by atoms with Gasteiger partial charge in [-0.15, -0.1) is 0 Å². The minimum absolute atomic E-state index is 0.0125. The molecule has 162 valence electrons. The lowest BCUT2D eigenvalue weighted by Crippen LogP contribution is -2.40. The number of amides is 1. The molecule has 1 amide bonds. The van der Waals surface area contributed by atoms with Crippen molar-refractivity contribution in [1.29, 1.82) is 0 Å². The van der Waals surface area contributed by atoms with Crippen LogP contribution >= 0.6 is 8.58 Å². The lowest BCUT2D eigenvalue weighted by atomic mass is 9.91. The minimum Gasteiger partial charge on any atom is -0.306 e. The molecule has 3 aliphatic rings. The van der Waals surface area contributed by atoms with Crippen molar-refractivity contribution in [3.63, 3.8) is 0 Å². The maximum Gasteiger partial charge on any atom is 0.268 e. The number of hydrogen-bond donors (Lipinski definition) is 0. The number of imidazole rings is 1. The first-order valence-electron chi connectivity index (χ1n) is 11.2. The summed E-state index contributed by atoms with van der Waals surface area (Å²) in [5.41, 5.74) is 5.41. The summed E-state index contributed by atoms with van der Waals surface area (Å²) in [6.45, 7) is 8.59. The number of likely N-dealkylation sites (tertiary alicyclic amines) is 1. The van der Waals surface area contributed by atoms with Crippen LogP contribution in [0.1, 0.15) is 49.4 Å². The van der Waals surface area contributed by atoms with Crippen molar-refractivity contribution in [3.8, 4) is 0 Å². The lowest BCUT2D eigenvalue weighted by molar-refractivity contribution is -0.126. The second-order valence-corrected chi connectivity index (χ2v) is 10.7. The predicted octanol–water partition coefficient (Wildman–Crippen LogP) is 4.22. The van der Waals surface area contributed by atoms with Crippen molar-refractivity contribution in [2.75, 3.05) is 20.1 Å². The van der Waals surface area contributed by atoms with E-state index in [1.807, 2.05) is 6.92 Å². The highest BCUT2D eigenvalue weighted by Gasteiger charge is 2.32. The van der Waals surface area contributed by atoms with E-state index in [2.05, 4.69) is 60.8 Å². The number of aromatic nitrogens is 2. The number of pyridine rings is 1. The van der Waals surface area contributed by atoms with Crippen LogP contribution in [0.4, 0.5) is 0 Å². The van der Waals surface area contributed by atoms with Gasteiger partial charge in [-0.2, -0.15) is 5.10 Å². The summed E-state index contributed by atoms with van der Waals surface area (Å²) in [5.74, 6) is 0.822. The summed E-state index contributed by atoms with van der Waals surface area (Å²) < 4.78 is 2.11. The molecule has 1 fully saturated rings. The summed E-state index contributed by atoms with van der Waals surface area (Å²) in [6, 6.07) is 2.22. The van der Waals surface area contributed by atoms with E-state index in [0.717, 1.165) is 53.9 Å². The molecule has 0 spiro atoms. The molecule has 2 aromatic heterocycles. The van der Waals surface area contributed by atoms with E-state index >= 15 is 0 Å². The van der Waals surface area contributed by atoms with Gasteiger partial charge in [0.15, 0.2) is 0 Å². The molecule has 0 saturated carbocycles. The average Bonchev–Trinajstić information content (AvgIpc) is 3.13. The maximum atomic E-state index is 13.1. The molecule has 0 aromatic carbocycles. The molecule has 2 atom stereocenters. The molecule has 7 heteroatoms. The highest BCUT2D eigenvalue weighted by atomic mass is 31.1. The molecule has 3 aliphatic heterocycles. The largest absolute Gasteiger partial charge is 0.306 e. The predicted molar refractivity (Wildman–Crippen MR) is 128 cm³/mol.